The zero-order valence-electron chi connectivity index (χ0n) is 10.1. The molecule has 0 saturated heterocycles. The van der Waals surface area contributed by atoms with Gasteiger partial charge in [0.1, 0.15) is 0 Å². The lowest BCUT2D eigenvalue weighted by Gasteiger charge is -2.25. The van der Waals surface area contributed by atoms with E-state index in [1.54, 1.807) is 0 Å². The third-order valence-corrected chi connectivity index (χ3v) is 4.03. The third kappa shape index (κ3) is 3.57. The molecular weight excluding hydrogens is 263 g/mol. The molecule has 1 aliphatic rings. The standard InChI is InChI=1S/C11H16F3N3S/c1-7-2-4-8(5-3-7)6-15-10-16-9(17-18-10)11(12,13)14/h7-8H,2-6H2,1H3,(H,15,16,17). The Morgan fingerprint density at radius 3 is 2.50 bits per heavy atom. The van der Waals surface area contributed by atoms with Gasteiger partial charge in [0, 0.05) is 18.1 Å². The first-order chi connectivity index (χ1) is 8.45. The Morgan fingerprint density at radius 1 is 1.28 bits per heavy atom. The second kappa shape index (κ2) is 5.42. The molecule has 102 valence electrons. The Kier molecular flexibility index (Phi) is 4.09. The van der Waals surface area contributed by atoms with Crippen molar-refractivity contribution in [3.05, 3.63) is 5.82 Å². The lowest BCUT2D eigenvalue weighted by Crippen LogP contribution is -2.20. The van der Waals surface area contributed by atoms with Gasteiger partial charge in [-0.2, -0.15) is 22.5 Å². The summed E-state index contributed by atoms with van der Waals surface area (Å²) in [4.78, 5) is 3.45. The number of nitrogens with one attached hydrogen (secondary N) is 1. The minimum atomic E-state index is -4.45. The highest BCUT2D eigenvalue weighted by molar-refractivity contribution is 7.09. The van der Waals surface area contributed by atoms with Gasteiger partial charge < -0.3 is 5.32 Å². The molecule has 3 nitrogen and oxygen atoms in total. The number of alkyl halides is 3. The van der Waals surface area contributed by atoms with E-state index in [1.807, 2.05) is 0 Å². The molecular formula is C11H16F3N3S. The van der Waals surface area contributed by atoms with Crippen LogP contribution in [0.3, 0.4) is 0 Å². The fourth-order valence-electron chi connectivity index (χ4n) is 2.18. The largest absolute Gasteiger partial charge is 0.452 e. The van der Waals surface area contributed by atoms with Crippen LogP contribution < -0.4 is 5.32 Å². The summed E-state index contributed by atoms with van der Waals surface area (Å²) in [6, 6.07) is 0. The number of hydrogen-bond donors (Lipinski definition) is 1. The van der Waals surface area contributed by atoms with Crippen molar-refractivity contribution in [3.63, 3.8) is 0 Å². The normalized spacial score (nSPS) is 25.1. The summed E-state index contributed by atoms with van der Waals surface area (Å²) in [6.45, 7) is 2.93. The summed E-state index contributed by atoms with van der Waals surface area (Å²) < 4.78 is 40.2. The lowest BCUT2D eigenvalue weighted by atomic mass is 9.83. The number of aromatic nitrogens is 2. The van der Waals surface area contributed by atoms with Gasteiger partial charge >= 0.3 is 6.18 Å². The molecule has 0 aromatic carbocycles. The number of hydrogen-bond acceptors (Lipinski definition) is 4. The summed E-state index contributed by atoms with van der Waals surface area (Å²) >= 11 is 0.773. The van der Waals surface area contributed by atoms with Crippen LogP contribution >= 0.6 is 11.5 Å². The first kappa shape index (κ1) is 13.6. The maximum atomic E-state index is 12.3. The van der Waals surface area contributed by atoms with Gasteiger partial charge in [0.25, 0.3) is 0 Å². The zero-order valence-corrected chi connectivity index (χ0v) is 10.9. The smallest absolute Gasteiger partial charge is 0.360 e. The Hall–Kier alpha value is -0.850. The molecule has 0 aliphatic heterocycles. The average molecular weight is 279 g/mol. The van der Waals surface area contributed by atoms with Crippen LogP contribution in [0.5, 0.6) is 0 Å². The minimum absolute atomic E-state index is 0.265. The quantitative estimate of drug-likeness (QED) is 0.914. The zero-order chi connectivity index (χ0) is 13.2. The Morgan fingerprint density at radius 2 is 1.94 bits per heavy atom. The van der Waals surface area contributed by atoms with Gasteiger partial charge in [0.2, 0.25) is 11.0 Å². The van der Waals surface area contributed by atoms with Crippen molar-refractivity contribution in [2.24, 2.45) is 11.8 Å². The molecule has 7 heteroatoms. The molecule has 1 heterocycles. The molecule has 0 atom stereocenters. The molecule has 2 rings (SSSR count). The van der Waals surface area contributed by atoms with Crippen molar-refractivity contribution < 1.29 is 13.2 Å². The average Bonchev–Trinajstić information content (AvgIpc) is 2.77. The molecule has 1 N–H and O–H groups in total. The summed E-state index contributed by atoms with van der Waals surface area (Å²) in [5.74, 6) is 0.270. The van der Waals surface area contributed by atoms with Crippen LogP contribution in [0.25, 0.3) is 0 Å². The number of rotatable bonds is 3. The van der Waals surface area contributed by atoms with Crippen LogP contribution in [0.15, 0.2) is 0 Å². The molecule has 0 unspecified atom stereocenters. The van der Waals surface area contributed by atoms with Gasteiger partial charge in [0.15, 0.2) is 0 Å². The Bertz CT molecular complexity index is 383. The summed E-state index contributed by atoms with van der Waals surface area (Å²) in [6.07, 6.45) is 0.238. The molecule has 0 spiro atoms. The van der Waals surface area contributed by atoms with Gasteiger partial charge in [-0.3, -0.25) is 0 Å². The van der Waals surface area contributed by atoms with Gasteiger partial charge in [-0.15, -0.1) is 0 Å². The summed E-state index contributed by atoms with van der Waals surface area (Å²) in [5.41, 5.74) is 0. The van der Waals surface area contributed by atoms with Gasteiger partial charge in [-0.25, -0.2) is 0 Å². The Balaban J connectivity index is 1.82. The van der Waals surface area contributed by atoms with Crippen LogP contribution in [0.1, 0.15) is 38.4 Å². The van der Waals surface area contributed by atoms with Crippen molar-refractivity contribution in [1.29, 1.82) is 0 Å². The van der Waals surface area contributed by atoms with Crippen molar-refractivity contribution in [3.8, 4) is 0 Å². The van der Waals surface area contributed by atoms with E-state index < -0.39 is 12.0 Å². The highest BCUT2D eigenvalue weighted by Gasteiger charge is 2.36. The predicted octanol–water partition coefficient (Wildman–Crippen LogP) is 3.80. The van der Waals surface area contributed by atoms with Crippen molar-refractivity contribution in [1.82, 2.24) is 9.36 Å². The molecule has 0 amide bonds. The second-order valence-electron chi connectivity index (χ2n) is 4.93. The second-order valence-corrected chi connectivity index (χ2v) is 5.68. The first-order valence-corrected chi connectivity index (χ1v) is 6.87. The summed E-state index contributed by atoms with van der Waals surface area (Å²) in [5, 5.41) is 3.23. The molecule has 0 bridgehead atoms. The number of halogens is 3. The van der Waals surface area contributed by atoms with Crippen LogP contribution in [-0.4, -0.2) is 15.9 Å². The maximum absolute atomic E-state index is 12.3. The van der Waals surface area contributed by atoms with Crippen LogP contribution in [0, 0.1) is 11.8 Å². The van der Waals surface area contributed by atoms with E-state index in [-0.39, 0.29) is 5.13 Å². The predicted molar refractivity (Wildman–Crippen MR) is 64.5 cm³/mol. The van der Waals surface area contributed by atoms with Crippen molar-refractivity contribution in [2.75, 3.05) is 11.9 Å². The van der Waals surface area contributed by atoms with Crippen LogP contribution in [0.4, 0.5) is 18.3 Å². The van der Waals surface area contributed by atoms with Gasteiger partial charge in [0.05, 0.1) is 0 Å². The van der Waals surface area contributed by atoms with Crippen LogP contribution in [0.2, 0.25) is 0 Å². The van der Waals surface area contributed by atoms with E-state index in [1.165, 1.54) is 12.8 Å². The van der Waals surface area contributed by atoms with E-state index in [4.69, 9.17) is 0 Å². The minimum Gasteiger partial charge on any atom is -0.360 e. The molecule has 1 saturated carbocycles. The van der Waals surface area contributed by atoms with E-state index in [9.17, 15) is 13.2 Å². The number of anilines is 1. The first-order valence-electron chi connectivity index (χ1n) is 6.10. The lowest BCUT2D eigenvalue weighted by molar-refractivity contribution is -0.144. The van der Waals surface area contributed by atoms with Gasteiger partial charge in [-0.05, 0) is 24.7 Å². The molecule has 1 aromatic heterocycles. The SMILES string of the molecule is CC1CCC(CNc2nc(C(F)(F)F)ns2)CC1. The monoisotopic (exact) mass is 279 g/mol. The summed E-state index contributed by atoms with van der Waals surface area (Å²) in [7, 11) is 0. The van der Waals surface area contributed by atoms with E-state index in [0.29, 0.717) is 12.5 Å². The van der Waals surface area contributed by atoms with Gasteiger partial charge in [-0.1, -0.05) is 19.8 Å². The van der Waals surface area contributed by atoms with E-state index in [0.717, 1.165) is 30.3 Å². The fraction of sp³-hybridized carbons (Fsp3) is 0.818. The third-order valence-electron chi connectivity index (χ3n) is 3.36. The molecule has 1 aromatic rings. The molecule has 1 aliphatic carbocycles. The van der Waals surface area contributed by atoms with E-state index in [2.05, 4.69) is 21.6 Å². The molecule has 0 radical (unpaired) electrons. The maximum Gasteiger partial charge on any atom is 0.452 e. The Labute approximate surface area is 108 Å². The topological polar surface area (TPSA) is 37.8 Å². The van der Waals surface area contributed by atoms with E-state index >= 15 is 0 Å². The van der Waals surface area contributed by atoms with Crippen molar-refractivity contribution >= 4 is 16.7 Å². The molecule has 1 fully saturated rings. The fourth-order valence-corrected chi connectivity index (χ4v) is 2.77. The molecule has 18 heavy (non-hydrogen) atoms. The van der Waals surface area contributed by atoms with Crippen molar-refractivity contribution in [2.45, 2.75) is 38.8 Å². The highest BCUT2D eigenvalue weighted by Crippen LogP contribution is 2.30. The highest BCUT2D eigenvalue weighted by atomic mass is 32.1. The number of nitrogens with zero attached hydrogens (tertiary/aromatic N) is 2. The van der Waals surface area contributed by atoms with Crippen LogP contribution in [-0.2, 0) is 6.18 Å².